The number of nitrogens with zero attached hydrogens (tertiary/aromatic N) is 1. The average Bonchev–Trinajstić information content (AvgIpc) is 3.11. The number of aromatic nitrogens is 1. The molecule has 2 atom stereocenters. The molecule has 1 aliphatic heterocycles. The Morgan fingerprint density at radius 1 is 0.853 bits per heavy atom. The number of hydrogen-bond acceptors (Lipinski definition) is 4. The van der Waals surface area contributed by atoms with Crippen LogP contribution in [0.5, 0.6) is 11.5 Å². The van der Waals surface area contributed by atoms with E-state index in [2.05, 4.69) is 61.8 Å². The summed E-state index contributed by atoms with van der Waals surface area (Å²) in [6.45, 7) is 8.98. The van der Waals surface area contributed by atoms with Gasteiger partial charge in [-0.25, -0.2) is 4.98 Å². The minimum absolute atomic E-state index is 0.0643. The molecule has 4 aromatic rings. The fourth-order valence-electron chi connectivity index (χ4n) is 4.57. The number of fused-ring (bicyclic) bond motifs is 1. The van der Waals surface area contributed by atoms with Crippen molar-refractivity contribution < 1.29 is 14.2 Å². The quantitative estimate of drug-likeness (QED) is 0.296. The summed E-state index contributed by atoms with van der Waals surface area (Å²) >= 11 is 0. The Kier molecular flexibility index (Phi) is 5.84. The van der Waals surface area contributed by atoms with E-state index in [1.54, 1.807) is 7.11 Å². The number of hydrogen-bond donors (Lipinski definition) is 0. The second-order valence-corrected chi connectivity index (χ2v) is 9.18. The van der Waals surface area contributed by atoms with Crippen molar-refractivity contribution in [3.05, 3.63) is 114 Å². The minimum atomic E-state index is -0.411. The molecule has 34 heavy (non-hydrogen) atoms. The number of rotatable bonds is 6. The Morgan fingerprint density at radius 3 is 2.26 bits per heavy atom. The van der Waals surface area contributed by atoms with Crippen LogP contribution in [-0.2, 0) is 11.3 Å². The predicted molar refractivity (Wildman–Crippen MR) is 135 cm³/mol. The first-order valence-corrected chi connectivity index (χ1v) is 11.5. The molecule has 1 saturated heterocycles. The zero-order valence-electron chi connectivity index (χ0n) is 19.8. The summed E-state index contributed by atoms with van der Waals surface area (Å²) in [7, 11) is 1.68. The maximum Gasteiger partial charge on any atom is 0.130 e. The topological polar surface area (TPSA) is 40.6 Å². The van der Waals surface area contributed by atoms with E-state index >= 15 is 0 Å². The SMILES string of the molecule is C=C1C(c2ccc(OC)cc2)C(c2ccc(OCc3ccc4ccccc4n3)cc2)OC1(C)C. The summed E-state index contributed by atoms with van der Waals surface area (Å²) in [6, 6.07) is 28.5. The molecule has 0 saturated carbocycles. The van der Waals surface area contributed by atoms with Crippen LogP contribution in [0.25, 0.3) is 10.9 Å². The van der Waals surface area contributed by atoms with Crippen molar-refractivity contribution in [1.29, 1.82) is 0 Å². The van der Waals surface area contributed by atoms with E-state index in [1.807, 2.05) is 48.5 Å². The number of para-hydroxylation sites is 1. The van der Waals surface area contributed by atoms with Crippen LogP contribution in [-0.4, -0.2) is 17.7 Å². The normalized spacial score (nSPS) is 19.3. The van der Waals surface area contributed by atoms with Crippen LogP contribution in [0.2, 0.25) is 0 Å². The van der Waals surface area contributed by atoms with Crippen molar-refractivity contribution in [3.63, 3.8) is 0 Å². The van der Waals surface area contributed by atoms with Crippen molar-refractivity contribution in [1.82, 2.24) is 4.98 Å². The van der Waals surface area contributed by atoms with Crippen LogP contribution >= 0.6 is 0 Å². The number of pyridine rings is 1. The van der Waals surface area contributed by atoms with Crippen LogP contribution in [0.1, 0.15) is 42.7 Å². The fraction of sp³-hybridized carbons (Fsp3) is 0.233. The number of methoxy groups -OCH3 is 1. The van der Waals surface area contributed by atoms with Gasteiger partial charge in [0.05, 0.1) is 30.0 Å². The summed E-state index contributed by atoms with van der Waals surface area (Å²) in [5.74, 6) is 1.71. The lowest BCUT2D eigenvalue weighted by atomic mass is 9.82. The molecule has 0 N–H and O–H groups in total. The van der Waals surface area contributed by atoms with Crippen molar-refractivity contribution in [2.24, 2.45) is 0 Å². The van der Waals surface area contributed by atoms with Gasteiger partial charge in [0.25, 0.3) is 0 Å². The van der Waals surface area contributed by atoms with Crippen LogP contribution in [0.4, 0.5) is 0 Å². The van der Waals surface area contributed by atoms with Crippen LogP contribution in [0.3, 0.4) is 0 Å². The lowest BCUT2D eigenvalue weighted by Gasteiger charge is -2.20. The zero-order chi connectivity index (χ0) is 23.7. The first kappa shape index (κ1) is 22.2. The third-order valence-electron chi connectivity index (χ3n) is 6.60. The summed E-state index contributed by atoms with van der Waals surface area (Å²) in [4.78, 5) is 4.69. The van der Waals surface area contributed by atoms with E-state index in [1.165, 1.54) is 5.56 Å². The Balaban J connectivity index is 1.33. The Labute approximate surface area is 200 Å². The van der Waals surface area contributed by atoms with Gasteiger partial charge in [-0.15, -0.1) is 0 Å². The average molecular weight is 452 g/mol. The molecule has 0 aliphatic carbocycles. The Hall–Kier alpha value is -3.63. The highest BCUT2D eigenvalue weighted by molar-refractivity contribution is 5.78. The van der Waals surface area contributed by atoms with Crippen molar-refractivity contribution >= 4 is 10.9 Å². The number of benzene rings is 3. The standard InChI is InChI=1S/C30H29NO3/c1-20-28(22-10-15-25(32-4)16-11-22)29(34-30(20,2)3)23-12-17-26(18-13-23)33-19-24-14-9-21-7-5-6-8-27(21)31-24/h5-18,28-29H,1,19H2,2-4H3. The Morgan fingerprint density at radius 2 is 1.53 bits per heavy atom. The molecule has 0 radical (unpaired) electrons. The van der Waals surface area contributed by atoms with Crippen LogP contribution in [0.15, 0.2) is 97.1 Å². The molecule has 0 amide bonds. The lowest BCUT2D eigenvalue weighted by Crippen LogP contribution is -2.19. The van der Waals surface area contributed by atoms with Gasteiger partial charge >= 0.3 is 0 Å². The summed E-state index contributed by atoms with van der Waals surface area (Å²) < 4.78 is 17.9. The second-order valence-electron chi connectivity index (χ2n) is 9.18. The van der Waals surface area contributed by atoms with Gasteiger partial charge in [0.15, 0.2) is 0 Å². The lowest BCUT2D eigenvalue weighted by molar-refractivity contribution is -0.00798. The van der Waals surface area contributed by atoms with Crippen molar-refractivity contribution in [2.45, 2.75) is 38.1 Å². The van der Waals surface area contributed by atoms with Gasteiger partial charge in [-0.2, -0.15) is 0 Å². The molecule has 1 aromatic heterocycles. The molecule has 0 spiro atoms. The van der Waals surface area contributed by atoms with E-state index in [0.717, 1.165) is 39.2 Å². The summed E-state index contributed by atoms with van der Waals surface area (Å²) in [6.07, 6.45) is -0.118. The minimum Gasteiger partial charge on any atom is -0.497 e. The molecule has 172 valence electrons. The third-order valence-corrected chi connectivity index (χ3v) is 6.60. The van der Waals surface area contributed by atoms with Crippen LogP contribution < -0.4 is 9.47 Å². The van der Waals surface area contributed by atoms with Crippen molar-refractivity contribution in [2.75, 3.05) is 7.11 Å². The molecule has 4 nitrogen and oxygen atoms in total. The van der Waals surface area contributed by atoms with Gasteiger partial charge in [0.2, 0.25) is 0 Å². The Bertz CT molecular complexity index is 1310. The van der Waals surface area contributed by atoms with Gasteiger partial charge < -0.3 is 14.2 Å². The maximum absolute atomic E-state index is 6.50. The van der Waals surface area contributed by atoms with Gasteiger partial charge in [-0.05, 0) is 66.9 Å². The fourth-order valence-corrected chi connectivity index (χ4v) is 4.57. The van der Waals surface area contributed by atoms with E-state index in [0.29, 0.717) is 6.61 Å². The highest BCUT2D eigenvalue weighted by Crippen LogP contribution is 2.52. The molecule has 3 aromatic carbocycles. The molecule has 5 rings (SSSR count). The summed E-state index contributed by atoms with van der Waals surface area (Å²) in [5.41, 5.74) is 4.81. The molecular formula is C30H29NO3. The van der Waals surface area contributed by atoms with E-state index < -0.39 is 5.60 Å². The van der Waals surface area contributed by atoms with Gasteiger partial charge in [0.1, 0.15) is 18.1 Å². The monoisotopic (exact) mass is 451 g/mol. The summed E-state index contributed by atoms with van der Waals surface area (Å²) in [5, 5.41) is 1.13. The second kappa shape index (κ2) is 8.96. The number of ether oxygens (including phenoxy) is 3. The van der Waals surface area contributed by atoms with Gasteiger partial charge in [-0.3, -0.25) is 0 Å². The first-order valence-electron chi connectivity index (χ1n) is 11.5. The predicted octanol–water partition coefficient (Wildman–Crippen LogP) is 7.01. The smallest absolute Gasteiger partial charge is 0.130 e. The molecule has 2 unspecified atom stereocenters. The molecule has 4 heteroatoms. The highest BCUT2D eigenvalue weighted by Gasteiger charge is 2.45. The van der Waals surface area contributed by atoms with Crippen molar-refractivity contribution in [3.8, 4) is 11.5 Å². The van der Waals surface area contributed by atoms with Gasteiger partial charge in [-0.1, -0.05) is 55.1 Å². The molecule has 2 heterocycles. The molecule has 1 aliphatic rings. The largest absolute Gasteiger partial charge is 0.497 e. The molecular weight excluding hydrogens is 422 g/mol. The van der Waals surface area contributed by atoms with E-state index in [9.17, 15) is 0 Å². The van der Waals surface area contributed by atoms with E-state index in [4.69, 9.17) is 14.2 Å². The highest BCUT2D eigenvalue weighted by atomic mass is 16.5. The zero-order valence-corrected chi connectivity index (χ0v) is 19.8. The third kappa shape index (κ3) is 4.29. The van der Waals surface area contributed by atoms with Crippen LogP contribution in [0, 0.1) is 0 Å². The molecule has 0 bridgehead atoms. The first-order chi connectivity index (χ1) is 16.4. The molecule has 1 fully saturated rings. The van der Waals surface area contributed by atoms with Gasteiger partial charge in [0, 0.05) is 11.3 Å². The van der Waals surface area contributed by atoms with E-state index in [-0.39, 0.29) is 12.0 Å². The maximum atomic E-state index is 6.50.